The van der Waals surface area contributed by atoms with E-state index in [4.69, 9.17) is 16.3 Å². The monoisotopic (exact) mass is 449 g/mol. The van der Waals surface area contributed by atoms with Crippen LogP contribution in [0.1, 0.15) is 28.7 Å². The number of para-hydroxylation sites is 1. The maximum atomic E-state index is 12.1. The van der Waals surface area contributed by atoms with Gasteiger partial charge >= 0.3 is 0 Å². The van der Waals surface area contributed by atoms with Gasteiger partial charge in [-0.3, -0.25) is 9.59 Å². The highest BCUT2D eigenvalue weighted by atomic mass is 35.5. The van der Waals surface area contributed by atoms with Gasteiger partial charge in [0.1, 0.15) is 18.8 Å². The molecule has 0 spiro atoms. The summed E-state index contributed by atoms with van der Waals surface area (Å²) < 4.78 is 5.86. The fourth-order valence-electron chi connectivity index (χ4n) is 2.97. The molecule has 0 saturated heterocycles. The first-order chi connectivity index (χ1) is 15.4. The summed E-state index contributed by atoms with van der Waals surface area (Å²) in [5, 5.41) is 7.36. The third-order valence-corrected chi connectivity index (χ3v) is 4.85. The van der Waals surface area contributed by atoms with Crippen molar-refractivity contribution in [1.29, 1.82) is 0 Å². The number of nitrogens with one attached hydrogen (secondary N) is 2. The summed E-state index contributed by atoms with van der Waals surface area (Å²) in [6.07, 6.45) is 1.15. The van der Waals surface area contributed by atoms with Gasteiger partial charge in [0, 0.05) is 16.3 Å². The fraction of sp³-hybridized carbons (Fsp3) is 0.160. The van der Waals surface area contributed by atoms with Crippen LogP contribution in [0.4, 0.5) is 5.69 Å². The first-order valence-electron chi connectivity index (χ1n) is 10.1. The first kappa shape index (κ1) is 23.0. The molecule has 0 unspecified atom stereocenters. The number of halogens is 1. The van der Waals surface area contributed by atoms with E-state index in [-0.39, 0.29) is 6.42 Å². The molecule has 0 aliphatic carbocycles. The largest absolute Gasteiger partial charge is 0.488 e. The number of carbonyl (C=O) groups is 2. The number of carbonyl (C=O) groups excluding carboxylic acids is 2. The Labute approximate surface area is 192 Å². The van der Waals surface area contributed by atoms with E-state index in [0.29, 0.717) is 28.6 Å². The van der Waals surface area contributed by atoms with Gasteiger partial charge in [-0.25, -0.2) is 5.43 Å². The van der Waals surface area contributed by atoms with Crippen molar-refractivity contribution < 1.29 is 14.3 Å². The minimum absolute atomic E-state index is 0.334. The third kappa shape index (κ3) is 6.96. The standard InChI is InChI=1S/C25H24ClN3O3/c1-17-7-12-22(18(2)13-17)28-24(30)14-25(31)29-27-15-20-5-3-4-6-23(20)32-16-19-8-10-21(26)11-9-19/h3-13,15H,14,16H2,1-2H3,(H,28,30)(H,29,31). The van der Waals surface area contributed by atoms with Gasteiger partial charge in [0.15, 0.2) is 0 Å². The SMILES string of the molecule is Cc1ccc(NC(=O)CC(=O)NN=Cc2ccccc2OCc2ccc(Cl)cc2)c(C)c1. The Bertz CT molecular complexity index is 1130. The van der Waals surface area contributed by atoms with Crippen LogP contribution in [0.5, 0.6) is 5.75 Å². The van der Waals surface area contributed by atoms with Crippen molar-refractivity contribution in [2.45, 2.75) is 26.9 Å². The maximum absolute atomic E-state index is 12.1. The van der Waals surface area contributed by atoms with Crippen molar-refractivity contribution in [2.75, 3.05) is 5.32 Å². The van der Waals surface area contributed by atoms with E-state index in [1.165, 1.54) is 6.21 Å². The van der Waals surface area contributed by atoms with E-state index in [2.05, 4.69) is 15.8 Å². The number of anilines is 1. The summed E-state index contributed by atoms with van der Waals surface area (Å²) in [6, 6.07) is 20.4. The molecule has 0 radical (unpaired) electrons. The molecule has 7 heteroatoms. The number of hydrogen-bond donors (Lipinski definition) is 2. The van der Waals surface area contributed by atoms with Crippen LogP contribution in [0.25, 0.3) is 0 Å². The van der Waals surface area contributed by atoms with Crippen LogP contribution in [0.15, 0.2) is 71.8 Å². The van der Waals surface area contributed by atoms with Crippen LogP contribution in [0, 0.1) is 13.8 Å². The molecule has 3 aromatic rings. The lowest BCUT2D eigenvalue weighted by Crippen LogP contribution is -2.24. The van der Waals surface area contributed by atoms with E-state index in [9.17, 15) is 9.59 Å². The predicted octanol–water partition coefficient (Wildman–Crippen LogP) is 5.01. The van der Waals surface area contributed by atoms with Gasteiger partial charge in [-0.15, -0.1) is 0 Å². The Kier molecular flexibility index (Phi) is 8.00. The lowest BCUT2D eigenvalue weighted by molar-refractivity contribution is -0.126. The van der Waals surface area contributed by atoms with Gasteiger partial charge in [-0.05, 0) is 55.3 Å². The highest BCUT2D eigenvalue weighted by Gasteiger charge is 2.10. The van der Waals surface area contributed by atoms with Crippen molar-refractivity contribution >= 4 is 35.3 Å². The minimum atomic E-state index is -0.511. The molecule has 164 valence electrons. The van der Waals surface area contributed by atoms with E-state index in [0.717, 1.165) is 16.7 Å². The van der Waals surface area contributed by atoms with E-state index < -0.39 is 11.8 Å². The van der Waals surface area contributed by atoms with Crippen LogP contribution in [0.2, 0.25) is 5.02 Å². The van der Waals surface area contributed by atoms with Crippen molar-refractivity contribution in [3.8, 4) is 5.75 Å². The quantitative estimate of drug-likeness (QED) is 0.288. The molecule has 0 bridgehead atoms. The molecule has 0 heterocycles. The Balaban J connectivity index is 1.52. The number of benzene rings is 3. The van der Waals surface area contributed by atoms with Crippen molar-refractivity contribution in [3.05, 3.63) is 94.0 Å². The average Bonchev–Trinajstić information content (AvgIpc) is 2.76. The number of nitrogens with zero attached hydrogens (tertiary/aromatic N) is 1. The number of ether oxygens (including phenoxy) is 1. The zero-order chi connectivity index (χ0) is 22.9. The summed E-state index contributed by atoms with van der Waals surface area (Å²) in [5.74, 6) is -0.299. The van der Waals surface area contributed by atoms with Crippen molar-refractivity contribution in [1.82, 2.24) is 5.43 Å². The number of rotatable bonds is 8. The Morgan fingerprint density at radius 3 is 2.50 bits per heavy atom. The topological polar surface area (TPSA) is 79.8 Å². The molecular formula is C25H24ClN3O3. The second-order valence-electron chi connectivity index (χ2n) is 7.29. The summed E-state index contributed by atoms with van der Waals surface area (Å²) >= 11 is 5.90. The van der Waals surface area contributed by atoms with E-state index in [1.807, 2.05) is 68.4 Å². The number of hydrogen-bond acceptors (Lipinski definition) is 4. The summed E-state index contributed by atoms with van der Waals surface area (Å²) in [4.78, 5) is 24.2. The van der Waals surface area contributed by atoms with Gasteiger partial charge < -0.3 is 10.1 Å². The molecule has 3 rings (SSSR count). The zero-order valence-corrected chi connectivity index (χ0v) is 18.6. The van der Waals surface area contributed by atoms with Crippen LogP contribution >= 0.6 is 11.6 Å². The van der Waals surface area contributed by atoms with Crippen LogP contribution in [-0.2, 0) is 16.2 Å². The fourth-order valence-corrected chi connectivity index (χ4v) is 3.09. The van der Waals surface area contributed by atoms with Gasteiger partial charge in [0.25, 0.3) is 0 Å². The van der Waals surface area contributed by atoms with Crippen LogP contribution in [0.3, 0.4) is 0 Å². The Hall–Kier alpha value is -3.64. The second kappa shape index (κ2) is 11.1. The summed E-state index contributed by atoms with van der Waals surface area (Å²) in [5.41, 5.74) is 6.77. The lowest BCUT2D eigenvalue weighted by Gasteiger charge is -2.09. The van der Waals surface area contributed by atoms with Gasteiger partial charge in [-0.1, -0.05) is 53.6 Å². The van der Waals surface area contributed by atoms with Gasteiger partial charge in [-0.2, -0.15) is 5.10 Å². The molecule has 0 fully saturated rings. The highest BCUT2D eigenvalue weighted by Crippen LogP contribution is 2.19. The normalized spacial score (nSPS) is 10.7. The highest BCUT2D eigenvalue weighted by molar-refractivity contribution is 6.30. The zero-order valence-electron chi connectivity index (χ0n) is 17.9. The molecule has 32 heavy (non-hydrogen) atoms. The summed E-state index contributed by atoms with van der Waals surface area (Å²) in [7, 11) is 0. The maximum Gasteiger partial charge on any atom is 0.249 e. The van der Waals surface area contributed by atoms with Crippen molar-refractivity contribution in [3.63, 3.8) is 0 Å². The van der Waals surface area contributed by atoms with E-state index in [1.54, 1.807) is 12.1 Å². The first-order valence-corrected chi connectivity index (χ1v) is 10.4. The number of aryl methyl sites for hydroxylation is 2. The van der Waals surface area contributed by atoms with E-state index >= 15 is 0 Å². The molecule has 2 N–H and O–H groups in total. The number of hydrazone groups is 1. The molecule has 0 aliphatic heterocycles. The second-order valence-corrected chi connectivity index (χ2v) is 7.73. The van der Waals surface area contributed by atoms with Crippen LogP contribution < -0.4 is 15.5 Å². The number of amides is 2. The molecule has 0 aliphatic rings. The molecule has 0 saturated carbocycles. The molecule has 3 aromatic carbocycles. The molecule has 0 atom stereocenters. The third-order valence-electron chi connectivity index (χ3n) is 4.60. The predicted molar refractivity (Wildman–Crippen MR) is 127 cm³/mol. The Morgan fingerprint density at radius 2 is 1.75 bits per heavy atom. The molecule has 2 amide bonds. The smallest absolute Gasteiger partial charge is 0.249 e. The van der Waals surface area contributed by atoms with Gasteiger partial charge in [0.2, 0.25) is 11.8 Å². The van der Waals surface area contributed by atoms with Crippen LogP contribution in [-0.4, -0.2) is 18.0 Å². The Morgan fingerprint density at radius 1 is 1.00 bits per heavy atom. The molecule has 0 aromatic heterocycles. The molecular weight excluding hydrogens is 426 g/mol. The minimum Gasteiger partial charge on any atom is -0.488 e. The summed E-state index contributed by atoms with van der Waals surface area (Å²) in [6.45, 7) is 4.25. The lowest BCUT2D eigenvalue weighted by atomic mass is 10.1. The average molecular weight is 450 g/mol. The molecule has 6 nitrogen and oxygen atoms in total. The van der Waals surface area contributed by atoms with Gasteiger partial charge in [0.05, 0.1) is 6.21 Å². The van der Waals surface area contributed by atoms with Crippen molar-refractivity contribution in [2.24, 2.45) is 5.10 Å².